The highest BCUT2D eigenvalue weighted by Gasteiger charge is 2.19. The Balaban J connectivity index is 1.51. The molecule has 1 fully saturated rings. The van der Waals surface area contributed by atoms with Crippen LogP contribution in [-0.4, -0.2) is 47.3 Å². The molecule has 0 saturated carbocycles. The number of ether oxygens (including phenoxy) is 2. The van der Waals surface area contributed by atoms with Gasteiger partial charge in [0.05, 0.1) is 23.9 Å². The number of carbonyl (C=O) groups excluding carboxylic acids is 1. The molecule has 1 saturated heterocycles. The average Bonchev–Trinajstić information content (AvgIpc) is 2.82. The van der Waals surface area contributed by atoms with Crippen molar-refractivity contribution in [2.75, 3.05) is 32.0 Å². The molecule has 166 valence electrons. The molecule has 1 aliphatic heterocycles. The maximum atomic E-state index is 13.8. The van der Waals surface area contributed by atoms with Gasteiger partial charge in [0.2, 0.25) is 0 Å². The van der Waals surface area contributed by atoms with Gasteiger partial charge in [0, 0.05) is 30.3 Å². The molecular formula is C23H22ClFN4O3. The molecule has 1 aromatic heterocycles. The molecule has 9 heteroatoms. The average molecular weight is 457 g/mol. The third kappa shape index (κ3) is 4.81. The molecule has 7 nitrogen and oxygen atoms in total. The molecule has 1 unspecified atom stereocenters. The van der Waals surface area contributed by atoms with Crippen molar-refractivity contribution >= 4 is 23.3 Å². The van der Waals surface area contributed by atoms with Crippen LogP contribution in [0, 0.1) is 5.82 Å². The van der Waals surface area contributed by atoms with Gasteiger partial charge in [-0.3, -0.25) is 4.79 Å². The smallest absolute Gasteiger partial charge is 0.254 e. The molecule has 3 aromatic rings. The normalized spacial score (nSPS) is 14.8. The molecular weight excluding hydrogens is 435 g/mol. The second-order valence-electron chi connectivity index (χ2n) is 7.39. The van der Waals surface area contributed by atoms with Crippen LogP contribution in [0.25, 0.3) is 11.3 Å². The number of nitrogens with two attached hydrogens (primary N) is 1. The number of nitrogen functional groups attached to an aromatic ring is 1. The van der Waals surface area contributed by atoms with Gasteiger partial charge in [-0.25, -0.2) is 4.39 Å². The van der Waals surface area contributed by atoms with E-state index in [-0.39, 0.29) is 16.7 Å². The van der Waals surface area contributed by atoms with E-state index in [4.69, 9.17) is 26.8 Å². The fourth-order valence-corrected chi connectivity index (χ4v) is 3.49. The first-order valence-corrected chi connectivity index (χ1v) is 10.5. The van der Waals surface area contributed by atoms with E-state index in [0.717, 1.165) is 5.56 Å². The zero-order valence-corrected chi connectivity index (χ0v) is 18.2. The molecule has 2 aromatic carbocycles. The largest absolute Gasteiger partial charge is 0.482 e. The van der Waals surface area contributed by atoms with Gasteiger partial charge in [-0.05, 0) is 36.8 Å². The molecule has 2 heterocycles. The number of benzene rings is 2. The van der Waals surface area contributed by atoms with Crippen molar-refractivity contribution in [1.82, 2.24) is 15.1 Å². The van der Waals surface area contributed by atoms with Gasteiger partial charge in [-0.2, -0.15) is 0 Å². The fourth-order valence-electron chi connectivity index (χ4n) is 3.38. The Bertz CT molecular complexity index is 1120. The monoisotopic (exact) mass is 456 g/mol. The highest BCUT2D eigenvalue weighted by Crippen LogP contribution is 2.30. The summed E-state index contributed by atoms with van der Waals surface area (Å²) >= 11 is 5.75. The maximum Gasteiger partial charge on any atom is 0.254 e. The molecule has 0 aliphatic carbocycles. The first-order valence-electron chi connectivity index (χ1n) is 10.1. The highest BCUT2D eigenvalue weighted by molar-refractivity contribution is 6.30. The van der Waals surface area contributed by atoms with Gasteiger partial charge in [0.15, 0.2) is 11.6 Å². The van der Waals surface area contributed by atoms with Crippen molar-refractivity contribution in [3.05, 3.63) is 70.5 Å². The number of carbonyl (C=O) groups is 1. The van der Waals surface area contributed by atoms with Gasteiger partial charge in [-0.15, -0.1) is 10.2 Å². The molecule has 32 heavy (non-hydrogen) atoms. The van der Waals surface area contributed by atoms with Crippen molar-refractivity contribution < 1.29 is 18.7 Å². The number of nitrogens with zero attached hydrogens (tertiary/aromatic N) is 3. The Hall–Kier alpha value is -3.23. The number of amides is 1. The van der Waals surface area contributed by atoms with Crippen LogP contribution in [0.4, 0.5) is 10.2 Å². The predicted molar refractivity (Wildman–Crippen MR) is 119 cm³/mol. The summed E-state index contributed by atoms with van der Waals surface area (Å²) in [4.78, 5) is 14.4. The quantitative estimate of drug-likeness (QED) is 0.620. The van der Waals surface area contributed by atoms with Crippen LogP contribution in [0.1, 0.15) is 28.9 Å². The first-order chi connectivity index (χ1) is 15.4. The summed E-state index contributed by atoms with van der Waals surface area (Å²) in [5.74, 6) is -0.107. The van der Waals surface area contributed by atoms with E-state index in [2.05, 4.69) is 10.2 Å². The van der Waals surface area contributed by atoms with E-state index in [9.17, 15) is 9.18 Å². The second kappa shape index (κ2) is 9.50. The molecule has 1 aliphatic rings. The maximum absolute atomic E-state index is 13.8. The highest BCUT2D eigenvalue weighted by atomic mass is 35.5. The van der Waals surface area contributed by atoms with Crippen LogP contribution in [0.5, 0.6) is 5.75 Å². The minimum absolute atomic E-state index is 0.0312. The molecule has 0 radical (unpaired) electrons. The summed E-state index contributed by atoms with van der Waals surface area (Å²) in [5, 5.41) is 8.16. The number of hydrogen-bond donors (Lipinski definition) is 1. The summed E-state index contributed by atoms with van der Waals surface area (Å²) in [6.45, 7) is 4.04. The van der Waals surface area contributed by atoms with Crippen LogP contribution in [0.15, 0.2) is 48.5 Å². The van der Waals surface area contributed by atoms with Gasteiger partial charge in [0.1, 0.15) is 11.9 Å². The van der Waals surface area contributed by atoms with E-state index in [0.29, 0.717) is 48.9 Å². The van der Waals surface area contributed by atoms with Crippen molar-refractivity contribution in [1.29, 1.82) is 0 Å². The third-order valence-corrected chi connectivity index (χ3v) is 5.53. The summed E-state index contributed by atoms with van der Waals surface area (Å²) < 4.78 is 25.0. The molecule has 1 atom stereocenters. The molecule has 0 bridgehead atoms. The first kappa shape index (κ1) is 22.0. The van der Waals surface area contributed by atoms with Crippen LogP contribution >= 0.6 is 11.6 Å². The van der Waals surface area contributed by atoms with Gasteiger partial charge in [-0.1, -0.05) is 29.8 Å². The predicted octanol–water partition coefficient (Wildman–Crippen LogP) is 4.13. The SMILES string of the molecule is CC(Oc1cc(-c2ccc(C(=O)N3CCOCC3)cc2)nnc1N)c1ccc(Cl)c(F)c1. The van der Waals surface area contributed by atoms with Crippen molar-refractivity contribution in [3.8, 4) is 17.0 Å². The number of rotatable bonds is 5. The molecule has 4 rings (SSSR count). The number of aromatic nitrogens is 2. The number of halogens is 2. The number of anilines is 1. The number of morpholine rings is 1. The van der Waals surface area contributed by atoms with Crippen LogP contribution in [-0.2, 0) is 4.74 Å². The van der Waals surface area contributed by atoms with E-state index in [1.807, 2.05) is 0 Å². The molecule has 0 spiro atoms. The van der Waals surface area contributed by atoms with Crippen molar-refractivity contribution in [2.45, 2.75) is 13.0 Å². The minimum Gasteiger partial charge on any atom is -0.482 e. The lowest BCUT2D eigenvalue weighted by Gasteiger charge is -2.26. The van der Waals surface area contributed by atoms with Gasteiger partial charge in [0.25, 0.3) is 5.91 Å². The lowest BCUT2D eigenvalue weighted by molar-refractivity contribution is 0.0303. The summed E-state index contributed by atoms with van der Waals surface area (Å²) in [5.41, 5.74) is 8.43. The lowest BCUT2D eigenvalue weighted by atomic mass is 10.1. The zero-order valence-electron chi connectivity index (χ0n) is 17.4. The third-order valence-electron chi connectivity index (χ3n) is 5.23. The Morgan fingerprint density at radius 1 is 1.16 bits per heavy atom. The Labute approximate surface area is 189 Å². The van der Waals surface area contributed by atoms with Crippen LogP contribution in [0.3, 0.4) is 0 Å². The summed E-state index contributed by atoms with van der Waals surface area (Å²) in [6.07, 6.45) is -0.491. The fraction of sp³-hybridized carbons (Fsp3) is 0.261. The molecule has 1 amide bonds. The van der Waals surface area contributed by atoms with E-state index >= 15 is 0 Å². The van der Waals surface area contributed by atoms with Crippen molar-refractivity contribution in [3.63, 3.8) is 0 Å². The van der Waals surface area contributed by atoms with Crippen LogP contribution in [0.2, 0.25) is 5.02 Å². The van der Waals surface area contributed by atoms with E-state index < -0.39 is 11.9 Å². The zero-order chi connectivity index (χ0) is 22.7. The van der Waals surface area contributed by atoms with Gasteiger partial charge < -0.3 is 20.1 Å². The lowest BCUT2D eigenvalue weighted by Crippen LogP contribution is -2.40. The second-order valence-corrected chi connectivity index (χ2v) is 7.80. The standard InChI is InChI=1S/C23H22ClFN4O3/c1-14(17-6-7-18(24)19(25)12-17)32-21-13-20(27-28-22(21)26)15-2-4-16(5-3-15)23(30)29-8-10-31-11-9-29/h2-7,12-14H,8-11H2,1H3,(H2,26,28). The molecule has 2 N–H and O–H groups in total. The van der Waals surface area contributed by atoms with Gasteiger partial charge >= 0.3 is 0 Å². The van der Waals surface area contributed by atoms with Crippen LogP contribution < -0.4 is 10.5 Å². The minimum atomic E-state index is -0.521. The Morgan fingerprint density at radius 3 is 2.56 bits per heavy atom. The van der Waals surface area contributed by atoms with E-state index in [1.165, 1.54) is 12.1 Å². The Morgan fingerprint density at radius 2 is 1.88 bits per heavy atom. The van der Waals surface area contributed by atoms with Crippen molar-refractivity contribution in [2.24, 2.45) is 0 Å². The topological polar surface area (TPSA) is 90.6 Å². The van der Waals surface area contributed by atoms with E-state index in [1.54, 1.807) is 48.2 Å². The summed E-state index contributed by atoms with van der Waals surface area (Å²) in [6, 6.07) is 13.3. The summed E-state index contributed by atoms with van der Waals surface area (Å²) in [7, 11) is 0. The number of hydrogen-bond acceptors (Lipinski definition) is 6. The Kier molecular flexibility index (Phi) is 6.53.